The van der Waals surface area contributed by atoms with E-state index in [-0.39, 0.29) is 35.1 Å². The third-order valence-corrected chi connectivity index (χ3v) is 5.66. The SMILES string of the molecule is CCCCCNC(=O)c1cc(C(=O)NC2CCS(=O)(=O)C2)ccn1. The van der Waals surface area contributed by atoms with Crippen LogP contribution in [0.25, 0.3) is 0 Å². The molecule has 1 aliphatic heterocycles. The zero-order valence-electron chi connectivity index (χ0n) is 13.7. The highest BCUT2D eigenvalue weighted by atomic mass is 32.2. The summed E-state index contributed by atoms with van der Waals surface area (Å²) in [4.78, 5) is 28.2. The molecule has 0 bridgehead atoms. The van der Waals surface area contributed by atoms with Crippen LogP contribution in [0, 0.1) is 0 Å². The minimum absolute atomic E-state index is 0.0331. The number of sulfone groups is 1. The lowest BCUT2D eigenvalue weighted by atomic mass is 10.2. The Morgan fingerprint density at radius 3 is 2.75 bits per heavy atom. The molecule has 1 atom stereocenters. The number of rotatable bonds is 7. The van der Waals surface area contributed by atoms with Gasteiger partial charge in [0.05, 0.1) is 11.5 Å². The maximum absolute atomic E-state index is 12.2. The van der Waals surface area contributed by atoms with E-state index in [1.54, 1.807) is 0 Å². The van der Waals surface area contributed by atoms with Gasteiger partial charge >= 0.3 is 0 Å². The average Bonchev–Trinajstić information content (AvgIpc) is 2.90. The molecule has 132 valence electrons. The van der Waals surface area contributed by atoms with E-state index in [4.69, 9.17) is 0 Å². The van der Waals surface area contributed by atoms with Gasteiger partial charge in [-0.1, -0.05) is 19.8 Å². The second kappa shape index (κ2) is 8.23. The first kappa shape index (κ1) is 18.4. The first-order valence-electron chi connectivity index (χ1n) is 8.17. The second-order valence-corrected chi connectivity index (χ2v) is 8.19. The topological polar surface area (TPSA) is 105 Å². The molecular weight excluding hydrogens is 330 g/mol. The minimum Gasteiger partial charge on any atom is -0.351 e. The first-order chi connectivity index (χ1) is 11.4. The molecule has 0 spiro atoms. The van der Waals surface area contributed by atoms with E-state index in [2.05, 4.69) is 22.5 Å². The van der Waals surface area contributed by atoms with Crippen molar-refractivity contribution in [1.82, 2.24) is 15.6 Å². The fourth-order valence-electron chi connectivity index (χ4n) is 2.54. The number of aromatic nitrogens is 1. The average molecular weight is 353 g/mol. The third-order valence-electron chi connectivity index (χ3n) is 3.89. The number of carbonyl (C=O) groups is 2. The van der Waals surface area contributed by atoms with Crippen LogP contribution in [0.15, 0.2) is 18.3 Å². The Bertz CT molecular complexity index is 703. The number of pyridine rings is 1. The summed E-state index contributed by atoms with van der Waals surface area (Å²) < 4.78 is 22.9. The molecule has 1 aromatic heterocycles. The lowest BCUT2D eigenvalue weighted by Crippen LogP contribution is -2.35. The molecule has 0 saturated carbocycles. The van der Waals surface area contributed by atoms with Crippen molar-refractivity contribution in [3.8, 4) is 0 Å². The molecule has 1 aromatic rings. The van der Waals surface area contributed by atoms with E-state index < -0.39 is 9.84 Å². The molecule has 1 saturated heterocycles. The molecule has 0 radical (unpaired) electrons. The highest BCUT2D eigenvalue weighted by Crippen LogP contribution is 2.12. The van der Waals surface area contributed by atoms with Crippen molar-refractivity contribution in [3.05, 3.63) is 29.6 Å². The number of nitrogens with zero attached hydrogens (tertiary/aromatic N) is 1. The van der Waals surface area contributed by atoms with E-state index in [0.29, 0.717) is 18.5 Å². The molecule has 0 aliphatic carbocycles. The van der Waals surface area contributed by atoms with Crippen molar-refractivity contribution in [3.63, 3.8) is 0 Å². The fraction of sp³-hybridized carbons (Fsp3) is 0.562. The van der Waals surface area contributed by atoms with Crippen molar-refractivity contribution >= 4 is 21.7 Å². The molecule has 1 aliphatic rings. The van der Waals surface area contributed by atoms with E-state index in [1.807, 2.05) is 0 Å². The zero-order chi connectivity index (χ0) is 17.6. The van der Waals surface area contributed by atoms with Gasteiger partial charge in [-0.05, 0) is 25.0 Å². The number of unbranched alkanes of at least 4 members (excludes halogenated alkanes) is 2. The lowest BCUT2D eigenvalue weighted by molar-refractivity contribution is 0.0941. The van der Waals surface area contributed by atoms with Crippen molar-refractivity contribution < 1.29 is 18.0 Å². The van der Waals surface area contributed by atoms with Crippen LogP contribution in [0.4, 0.5) is 0 Å². The molecule has 8 heteroatoms. The molecule has 7 nitrogen and oxygen atoms in total. The van der Waals surface area contributed by atoms with E-state index in [9.17, 15) is 18.0 Å². The van der Waals surface area contributed by atoms with Gasteiger partial charge in [-0.15, -0.1) is 0 Å². The predicted octanol–water partition coefficient (Wildman–Crippen LogP) is 0.918. The molecule has 2 N–H and O–H groups in total. The fourth-order valence-corrected chi connectivity index (χ4v) is 4.21. The van der Waals surface area contributed by atoms with Crippen molar-refractivity contribution in [2.24, 2.45) is 0 Å². The first-order valence-corrected chi connectivity index (χ1v) is 9.99. The van der Waals surface area contributed by atoms with Crippen LogP contribution in [-0.4, -0.2) is 49.3 Å². The number of carbonyl (C=O) groups excluding carboxylic acids is 2. The molecule has 2 heterocycles. The van der Waals surface area contributed by atoms with Gasteiger partial charge < -0.3 is 10.6 Å². The van der Waals surface area contributed by atoms with Gasteiger partial charge in [-0.3, -0.25) is 14.6 Å². The summed E-state index contributed by atoms with van der Waals surface area (Å²) in [7, 11) is -3.05. The Balaban J connectivity index is 1.94. The third kappa shape index (κ3) is 5.30. The summed E-state index contributed by atoms with van der Waals surface area (Å²) in [6.45, 7) is 2.66. The summed E-state index contributed by atoms with van der Waals surface area (Å²) in [6, 6.07) is 2.56. The van der Waals surface area contributed by atoms with E-state index in [1.165, 1.54) is 18.3 Å². The van der Waals surface area contributed by atoms with Crippen LogP contribution in [0.5, 0.6) is 0 Å². The van der Waals surface area contributed by atoms with E-state index in [0.717, 1.165) is 19.3 Å². The molecule has 2 amide bonds. The number of hydrogen-bond donors (Lipinski definition) is 2. The largest absolute Gasteiger partial charge is 0.351 e. The minimum atomic E-state index is -3.05. The van der Waals surface area contributed by atoms with Gasteiger partial charge in [0, 0.05) is 24.3 Å². The molecule has 1 fully saturated rings. The molecule has 1 unspecified atom stereocenters. The highest BCUT2D eigenvalue weighted by Gasteiger charge is 2.29. The van der Waals surface area contributed by atoms with Crippen LogP contribution < -0.4 is 10.6 Å². The van der Waals surface area contributed by atoms with Gasteiger partial charge in [-0.2, -0.15) is 0 Å². The summed E-state index contributed by atoms with van der Waals surface area (Å²) >= 11 is 0. The summed E-state index contributed by atoms with van der Waals surface area (Å²) in [6.07, 6.45) is 4.84. The maximum atomic E-state index is 12.2. The summed E-state index contributed by atoms with van der Waals surface area (Å²) in [5.41, 5.74) is 0.478. The van der Waals surface area contributed by atoms with Crippen molar-refractivity contribution in [2.45, 2.75) is 38.6 Å². The molecular formula is C16H23N3O4S. The number of hydrogen-bond acceptors (Lipinski definition) is 5. The van der Waals surface area contributed by atoms with Crippen molar-refractivity contribution in [2.75, 3.05) is 18.1 Å². The second-order valence-electron chi connectivity index (χ2n) is 5.97. The van der Waals surface area contributed by atoms with Crippen LogP contribution in [0.3, 0.4) is 0 Å². The Morgan fingerprint density at radius 1 is 1.29 bits per heavy atom. The number of amides is 2. The molecule has 2 rings (SSSR count). The smallest absolute Gasteiger partial charge is 0.269 e. The van der Waals surface area contributed by atoms with Crippen LogP contribution in [0.2, 0.25) is 0 Å². The Morgan fingerprint density at radius 2 is 2.08 bits per heavy atom. The summed E-state index contributed by atoms with van der Waals surface area (Å²) in [5, 5.41) is 5.47. The van der Waals surface area contributed by atoms with Crippen LogP contribution in [-0.2, 0) is 9.84 Å². The predicted molar refractivity (Wildman–Crippen MR) is 90.6 cm³/mol. The van der Waals surface area contributed by atoms with Gasteiger partial charge in [0.25, 0.3) is 11.8 Å². The van der Waals surface area contributed by atoms with Gasteiger partial charge in [0.2, 0.25) is 0 Å². The molecule has 0 aromatic carbocycles. The Hall–Kier alpha value is -1.96. The number of nitrogens with one attached hydrogen (secondary N) is 2. The summed E-state index contributed by atoms with van der Waals surface area (Å²) in [5.74, 6) is -0.641. The van der Waals surface area contributed by atoms with Gasteiger partial charge in [-0.25, -0.2) is 8.42 Å². The Labute approximate surface area is 142 Å². The van der Waals surface area contributed by atoms with Crippen LogP contribution in [0.1, 0.15) is 53.5 Å². The quantitative estimate of drug-likeness (QED) is 0.709. The maximum Gasteiger partial charge on any atom is 0.269 e. The highest BCUT2D eigenvalue weighted by molar-refractivity contribution is 7.91. The lowest BCUT2D eigenvalue weighted by Gasteiger charge is -2.11. The van der Waals surface area contributed by atoms with Crippen LogP contribution >= 0.6 is 0 Å². The monoisotopic (exact) mass is 353 g/mol. The zero-order valence-corrected chi connectivity index (χ0v) is 14.6. The van der Waals surface area contributed by atoms with E-state index >= 15 is 0 Å². The van der Waals surface area contributed by atoms with Gasteiger partial charge in [0.1, 0.15) is 5.69 Å². The van der Waals surface area contributed by atoms with Gasteiger partial charge in [0.15, 0.2) is 9.84 Å². The Kier molecular flexibility index (Phi) is 6.30. The standard InChI is InChI=1S/C16H23N3O4S/c1-2-3-4-7-18-16(21)14-10-12(5-8-17-14)15(20)19-13-6-9-24(22,23)11-13/h5,8,10,13H,2-4,6-7,9,11H2,1H3,(H,18,21)(H,19,20). The molecule has 24 heavy (non-hydrogen) atoms. The normalized spacial score (nSPS) is 19.0. The van der Waals surface area contributed by atoms with Crippen molar-refractivity contribution in [1.29, 1.82) is 0 Å².